The van der Waals surface area contributed by atoms with Gasteiger partial charge in [-0.2, -0.15) is 0 Å². The quantitative estimate of drug-likeness (QED) is 0.777. The molecule has 0 unspecified atom stereocenters. The van der Waals surface area contributed by atoms with Crippen LogP contribution in [0.3, 0.4) is 0 Å². The molecular formula is C17H28N6O. The molecule has 0 saturated carbocycles. The fourth-order valence-corrected chi connectivity index (χ4v) is 3.38. The Morgan fingerprint density at radius 3 is 2.54 bits per heavy atom. The largest absolute Gasteiger partial charge is 0.354 e. The maximum atomic E-state index is 11.9. The van der Waals surface area contributed by atoms with Crippen molar-refractivity contribution in [2.75, 3.05) is 64.8 Å². The molecule has 0 aromatic carbocycles. The van der Waals surface area contributed by atoms with Crippen LogP contribution in [0.5, 0.6) is 0 Å². The average Bonchev–Trinajstić information content (AvgIpc) is 2.61. The van der Waals surface area contributed by atoms with E-state index in [1.807, 2.05) is 14.1 Å². The predicted octanol–water partition coefficient (Wildman–Crippen LogP) is 0.0648. The molecule has 1 aromatic heterocycles. The van der Waals surface area contributed by atoms with Crippen LogP contribution in [0.1, 0.15) is 18.2 Å². The minimum absolute atomic E-state index is 0.168. The maximum absolute atomic E-state index is 11.9. The third-order valence-corrected chi connectivity index (χ3v) is 5.04. The highest BCUT2D eigenvalue weighted by Crippen LogP contribution is 2.26. The monoisotopic (exact) mass is 332 g/mol. The van der Waals surface area contributed by atoms with E-state index in [4.69, 9.17) is 0 Å². The lowest BCUT2D eigenvalue weighted by Gasteiger charge is -2.37. The number of carbonyl (C=O) groups excluding carboxylic acids is 1. The van der Waals surface area contributed by atoms with E-state index in [9.17, 15) is 4.79 Å². The van der Waals surface area contributed by atoms with Crippen LogP contribution in [0.15, 0.2) is 6.33 Å². The van der Waals surface area contributed by atoms with Gasteiger partial charge in [0.15, 0.2) is 0 Å². The summed E-state index contributed by atoms with van der Waals surface area (Å²) >= 11 is 0. The van der Waals surface area contributed by atoms with Crippen molar-refractivity contribution >= 4 is 11.7 Å². The standard InChI is InChI=1S/C17H28N6O/c1-4-21-6-5-15-14(11-21)17(19-13-18-15)23-9-7-22(8-10-23)12-16(24)20(2)3/h13H,4-12H2,1-3H3. The Morgan fingerprint density at radius 1 is 1.12 bits per heavy atom. The van der Waals surface area contributed by atoms with Crippen LogP contribution in [0.25, 0.3) is 0 Å². The lowest BCUT2D eigenvalue weighted by molar-refractivity contribution is -0.129. The highest BCUT2D eigenvalue weighted by Gasteiger charge is 2.26. The van der Waals surface area contributed by atoms with Gasteiger partial charge in [-0.1, -0.05) is 6.92 Å². The molecule has 3 heterocycles. The molecule has 7 heteroatoms. The van der Waals surface area contributed by atoms with Crippen molar-refractivity contribution in [2.24, 2.45) is 0 Å². The first-order chi connectivity index (χ1) is 11.6. The summed E-state index contributed by atoms with van der Waals surface area (Å²) < 4.78 is 0. The van der Waals surface area contributed by atoms with Crippen LogP contribution in [-0.2, 0) is 17.8 Å². The van der Waals surface area contributed by atoms with Crippen molar-refractivity contribution in [2.45, 2.75) is 19.9 Å². The Bertz CT molecular complexity index is 582. The van der Waals surface area contributed by atoms with Crippen LogP contribution in [0.4, 0.5) is 5.82 Å². The van der Waals surface area contributed by atoms with E-state index in [2.05, 4.69) is 31.6 Å². The van der Waals surface area contributed by atoms with Gasteiger partial charge in [-0.15, -0.1) is 0 Å². The van der Waals surface area contributed by atoms with Gasteiger partial charge in [0.05, 0.1) is 12.2 Å². The Kier molecular flexibility index (Phi) is 5.30. The number of carbonyl (C=O) groups is 1. The van der Waals surface area contributed by atoms with Crippen LogP contribution in [0.2, 0.25) is 0 Å². The second-order valence-electron chi connectivity index (χ2n) is 6.79. The van der Waals surface area contributed by atoms with Crippen LogP contribution >= 0.6 is 0 Å². The number of aromatic nitrogens is 2. The molecule has 2 aliphatic rings. The number of hydrogen-bond acceptors (Lipinski definition) is 6. The molecule has 0 aliphatic carbocycles. The Hall–Kier alpha value is -1.73. The minimum Gasteiger partial charge on any atom is -0.354 e. The van der Waals surface area contributed by atoms with Gasteiger partial charge in [0.2, 0.25) is 5.91 Å². The molecule has 1 saturated heterocycles. The zero-order valence-electron chi connectivity index (χ0n) is 15.0. The van der Waals surface area contributed by atoms with Crippen molar-refractivity contribution in [1.29, 1.82) is 0 Å². The molecule has 0 N–H and O–H groups in total. The van der Waals surface area contributed by atoms with Gasteiger partial charge in [-0.25, -0.2) is 9.97 Å². The molecule has 0 spiro atoms. The molecule has 3 rings (SSSR count). The third kappa shape index (κ3) is 3.67. The number of fused-ring (bicyclic) bond motifs is 1. The molecule has 1 amide bonds. The Morgan fingerprint density at radius 2 is 1.88 bits per heavy atom. The highest BCUT2D eigenvalue weighted by molar-refractivity contribution is 5.77. The summed E-state index contributed by atoms with van der Waals surface area (Å²) in [7, 11) is 3.62. The SMILES string of the molecule is CCN1CCc2ncnc(N3CCN(CC(=O)N(C)C)CC3)c2C1. The van der Waals surface area contributed by atoms with E-state index in [0.717, 1.165) is 58.1 Å². The van der Waals surface area contributed by atoms with E-state index < -0.39 is 0 Å². The van der Waals surface area contributed by atoms with Gasteiger partial charge < -0.3 is 9.80 Å². The molecule has 1 aromatic rings. The summed E-state index contributed by atoms with van der Waals surface area (Å²) in [5.41, 5.74) is 2.50. The van der Waals surface area contributed by atoms with Crippen molar-refractivity contribution in [3.8, 4) is 0 Å². The number of hydrogen-bond donors (Lipinski definition) is 0. The summed E-state index contributed by atoms with van der Waals surface area (Å²) in [6.07, 6.45) is 2.72. The Balaban J connectivity index is 1.66. The van der Waals surface area contributed by atoms with Crippen molar-refractivity contribution in [3.05, 3.63) is 17.6 Å². The lowest BCUT2D eigenvalue weighted by atomic mass is 10.1. The first kappa shape index (κ1) is 17.1. The van der Waals surface area contributed by atoms with E-state index in [-0.39, 0.29) is 5.91 Å². The van der Waals surface area contributed by atoms with Crippen molar-refractivity contribution < 1.29 is 4.79 Å². The van der Waals surface area contributed by atoms with Crippen LogP contribution in [-0.4, -0.2) is 90.5 Å². The van der Waals surface area contributed by atoms with Gasteiger partial charge in [0.1, 0.15) is 12.1 Å². The lowest BCUT2D eigenvalue weighted by Crippen LogP contribution is -2.50. The summed E-state index contributed by atoms with van der Waals surface area (Å²) in [4.78, 5) is 29.6. The maximum Gasteiger partial charge on any atom is 0.236 e. The average molecular weight is 332 g/mol. The van der Waals surface area contributed by atoms with Crippen LogP contribution < -0.4 is 4.90 Å². The molecule has 0 radical (unpaired) electrons. The van der Waals surface area contributed by atoms with Crippen LogP contribution in [0, 0.1) is 0 Å². The van der Waals surface area contributed by atoms with Crippen molar-refractivity contribution in [3.63, 3.8) is 0 Å². The highest BCUT2D eigenvalue weighted by atomic mass is 16.2. The first-order valence-electron chi connectivity index (χ1n) is 8.81. The summed E-state index contributed by atoms with van der Waals surface area (Å²) in [6.45, 7) is 9.43. The Labute approximate surface area is 144 Å². The summed E-state index contributed by atoms with van der Waals surface area (Å²) in [5, 5.41) is 0. The van der Waals surface area contributed by atoms with E-state index in [1.54, 1.807) is 11.2 Å². The van der Waals surface area contributed by atoms with Gasteiger partial charge in [-0.05, 0) is 6.54 Å². The van der Waals surface area contributed by atoms with Crippen molar-refractivity contribution in [1.82, 2.24) is 24.7 Å². The van der Waals surface area contributed by atoms with Gasteiger partial charge >= 0.3 is 0 Å². The molecule has 7 nitrogen and oxygen atoms in total. The minimum atomic E-state index is 0.168. The number of amides is 1. The molecule has 24 heavy (non-hydrogen) atoms. The molecule has 132 valence electrons. The second-order valence-corrected chi connectivity index (χ2v) is 6.79. The van der Waals surface area contributed by atoms with E-state index in [1.165, 1.54) is 11.3 Å². The zero-order chi connectivity index (χ0) is 17.1. The number of piperazine rings is 1. The topological polar surface area (TPSA) is 55.8 Å². The molecular weight excluding hydrogens is 304 g/mol. The smallest absolute Gasteiger partial charge is 0.236 e. The van der Waals surface area contributed by atoms with E-state index >= 15 is 0 Å². The normalized spacial score (nSPS) is 19.2. The van der Waals surface area contributed by atoms with Gasteiger partial charge in [0, 0.05) is 65.3 Å². The number of rotatable bonds is 4. The zero-order valence-corrected chi connectivity index (χ0v) is 15.0. The first-order valence-corrected chi connectivity index (χ1v) is 8.81. The fourth-order valence-electron chi connectivity index (χ4n) is 3.38. The van der Waals surface area contributed by atoms with Gasteiger partial charge in [-0.3, -0.25) is 14.6 Å². The molecule has 0 atom stereocenters. The summed E-state index contributed by atoms with van der Waals surface area (Å²) in [5.74, 6) is 1.26. The third-order valence-electron chi connectivity index (χ3n) is 5.04. The fraction of sp³-hybridized carbons (Fsp3) is 0.706. The van der Waals surface area contributed by atoms with Gasteiger partial charge in [0.25, 0.3) is 0 Å². The molecule has 0 bridgehead atoms. The molecule has 1 fully saturated rings. The number of nitrogens with zero attached hydrogens (tertiary/aromatic N) is 6. The summed E-state index contributed by atoms with van der Waals surface area (Å²) in [6, 6.07) is 0. The molecule has 2 aliphatic heterocycles. The van der Waals surface area contributed by atoms with E-state index in [0.29, 0.717) is 6.54 Å². The predicted molar refractivity (Wildman–Crippen MR) is 94.0 cm³/mol. The number of likely N-dealkylation sites (N-methyl/N-ethyl adjacent to an activating group) is 2. The second kappa shape index (κ2) is 7.44. The number of anilines is 1.